The Morgan fingerprint density at radius 2 is 1.83 bits per heavy atom. The largest absolute Gasteiger partial charge is 0.463 e. The van der Waals surface area contributed by atoms with Gasteiger partial charge in [-0.1, -0.05) is 74.6 Å². The zero-order chi connectivity index (χ0) is 25.6. The first kappa shape index (κ1) is 27.9. The molecule has 0 spiro atoms. The third-order valence-corrected chi connectivity index (χ3v) is 7.20. The van der Waals surface area contributed by atoms with E-state index in [9.17, 15) is 19.5 Å². The minimum atomic E-state index is -0.518. The second-order valence-corrected chi connectivity index (χ2v) is 10.2. The first-order valence-corrected chi connectivity index (χ1v) is 13.6. The fourth-order valence-corrected chi connectivity index (χ4v) is 5.16. The molecule has 2 unspecified atom stereocenters. The molecule has 1 aromatic carbocycles. The van der Waals surface area contributed by atoms with Gasteiger partial charge in [0.15, 0.2) is 0 Å². The van der Waals surface area contributed by atoms with Crippen LogP contribution >= 0.6 is 0 Å². The topological polar surface area (TPSA) is 95.9 Å². The molecule has 0 aromatic heterocycles. The number of aliphatic hydroxyl groups excluding tert-OH is 1. The van der Waals surface area contributed by atoms with Gasteiger partial charge in [0.05, 0.1) is 18.6 Å². The number of allylic oxidation sites excluding steroid dienone is 2. The summed E-state index contributed by atoms with van der Waals surface area (Å²) in [5.74, 6) is -0.549. The van der Waals surface area contributed by atoms with Crippen LogP contribution in [-0.4, -0.2) is 53.6 Å². The van der Waals surface area contributed by atoms with Gasteiger partial charge in [-0.15, -0.1) is 0 Å². The number of cyclic esters (lactones) is 1. The Hall–Kier alpha value is -2.67. The van der Waals surface area contributed by atoms with Crippen molar-refractivity contribution in [3.63, 3.8) is 0 Å². The molecule has 1 heterocycles. The van der Waals surface area contributed by atoms with Crippen LogP contribution in [0.4, 0.5) is 0 Å². The van der Waals surface area contributed by atoms with Gasteiger partial charge in [-0.3, -0.25) is 14.4 Å². The number of benzene rings is 1. The van der Waals surface area contributed by atoms with Gasteiger partial charge >= 0.3 is 5.97 Å². The molecule has 0 bridgehead atoms. The van der Waals surface area contributed by atoms with Gasteiger partial charge in [0.2, 0.25) is 11.8 Å². The molecule has 1 aliphatic heterocycles. The number of nitrogens with one attached hydrogen (secondary N) is 1. The van der Waals surface area contributed by atoms with E-state index >= 15 is 0 Å². The van der Waals surface area contributed by atoms with Crippen molar-refractivity contribution in [3.05, 3.63) is 48.0 Å². The number of nitrogens with zero attached hydrogens (tertiary/aromatic N) is 1. The number of hydrogen-bond donors (Lipinski definition) is 2. The molecule has 2 aliphatic rings. The molecule has 1 saturated carbocycles. The summed E-state index contributed by atoms with van der Waals surface area (Å²) in [5.41, 5.74) is 0.980. The number of esters is 1. The first-order valence-electron chi connectivity index (χ1n) is 13.6. The molecule has 1 aliphatic carbocycles. The van der Waals surface area contributed by atoms with E-state index in [1.807, 2.05) is 42.5 Å². The van der Waals surface area contributed by atoms with Crippen LogP contribution in [0.25, 0.3) is 0 Å². The number of amides is 2. The van der Waals surface area contributed by atoms with Gasteiger partial charge in [0, 0.05) is 25.9 Å². The summed E-state index contributed by atoms with van der Waals surface area (Å²) in [6, 6.07) is 9.41. The van der Waals surface area contributed by atoms with Crippen LogP contribution in [0.1, 0.15) is 76.2 Å². The van der Waals surface area contributed by atoms with Gasteiger partial charge in [-0.2, -0.15) is 0 Å². The zero-order valence-electron chi connectivity index (χ0n) is 21.4. The van der Waals surface area contributed by atoms with Crippen LogP contribution in [0.3, 0.4) is 0 Å². The molecular formula is C29H42N2O5. The predicted molar refractivity (Wildman–Crippen MR) is 139 cm³/mol. The van der Waals surface area contributed by atoms with E-state index in [1.54, 1.807) is 4.90 Å². The highest BCUT2D eigenvalue weighted by Crippen LogP contribution is 2.28. The highest BCUT2D eigenvalue weighted by atomic mass is 16.5. The quantitative estimate of drug-likeness (QED) is 0.415. The van der Waals surface area contributed by atoms with Crippen LogP contribution in [-0.2, 0) is 25.7 Å². The highest BCUT2D eigenvalue weighted by Gasteiger charge is 2.28. The number of rotatable bonds is 8. The lowest BCUT2D eigenvalue weighted by Crippen LogP contribution is -2.44. The molecule has 198 valence electrons. The van der Waals surface area contributed by atoms with Crippen LogP contribution in [0.2, 0.25) is 0 Å². The summed E-state index contributed by atoms with van der Waals surface area (Å²) < 4.78 is 5.53. The van der Waals surface area contributed by atoms with Crippen molar-refractivity contribution in [2.75, 3.05) is 19.8 Å². The van der Waals surface area contributed by atoms with Gasteiger partial charge in [0.25, 0.3) is 0 Å². The fourth-order valence-electron chi connectivity index (χ4n) is 5.16. The maximum Gasteiger partial charge on any atom is 0.305 e. The lowest BCUT2D eigenvalue weighted by Gasteiger charge is -2.29. The summed E-state index contributed by atoms with van der Waals surface area (Å²) in [7, 11) is 0. The van der Waals surface area contributed by atoms with Crippen LogP contribution < -0.4 is 5.32 Å². The summed E-state index contributed by atoms with van der Waals surface area (Å²) >= 11 is 0. The summed E-state index contributed by atoms with van der Waals surface area (Å²) in [6.07, 6.45) is 13.0. The highest BCUT2D eigenvalue weighted by molar-refractivity contribution is 5.86. The van der Waals surface area contributed by atoms with E-state index < -0.39 is 5.92 Å². The predicted octanol–water partition coefficient (Wildman–Crippen LogP) is 4.14. The maximum atomic E-state index is 13.4. The van der Waals surface area contributed by atoms with Gasteiger partial charge in [0.1, 0.15) is 6.61 Å². The van der Waals surface area contributed by atoms with Gasteiger partial charge in [-0.25, -0.2) is 0 Å². The number of aliphatic hydroxyl groups is 1. The van der Waals surface area contributed by atoms with Crippen molar-refractivity contribution < 1.29 is 24.2 Å². The lowest BCUT2D eigenvalue weighted by atomic mass is 9.84. The molecule has 3 rings (SSSR count). The Kier molecular flexibility index (Phi) is 12.0. The standard InChI is InChI=1S/C29H42N2O5/c32-18-17-31(21-24-13-7-4-8-14-24)27(33)20-25-15-9-1-2-10-16-28(34)36-22-26(30-29(25)35)19-23-11-5-3-6-12-23/h1,4,7-9,13-14,23,25-26,32H,2-3,5-6,10-12,15-22H2,(H,30,35). The second kappa shape index (κ2) is 15.4. The number of hydrogen-bond acceptors (Lipinski definition) is 5. The molecule has 0 radical (unpaired) electrons. The monoisotopic (exact) mass is 498 g/mol. The SMILES string of the molecule is O=C1CCCC=CCC(CC(=O)N(CCO)Cc2ccccc2)C(=O)NC(CC2CCCCC2)CO1. The zero-order valence-corrected chi connectivity index (χ0v) is 21.4. The minimum Gasteiger partial charge on any atom is -0.463 e. The van der Waals surface area contributed by atoms with Crippen molar-refractivity contribution in [1.82, 2.24) is 10.2 Å². The summed E-state index contributed by atoms with van der Waals surface area (Å²) in [5, 5.41) is 12.7. The van der Waals surface area contributed by atoms with E-state index in [1.165, 1.54) is 19.3 Å². The Morgan fingerprint density at radius 1 is 1.06 bits per heavy atom. The Balaban J connectivity index is 1.70. The Morgan fingerprint density at radius 3 is 2.58 bits per heavy atom. The number of carbonyl (C=O) groups excluding carboxylic acids is 3. The van der Waals surface area contributed by atoms with Crippen LogP contribution in [0.5, 0.6) is 0 Å². The molecule has 1 aromatic rings. The molecule has 2 N–H and O–H groups in total. The lowest BCUT2D eigenvalue weighted by molar-refractivity contribution is -0.145. The van der Waals surface area contributed by atoms with Crippen molar-refractivity contribution >= 4 is 17.8 Å². The molecular weight excluding hydrogens is 456 g/mol. The van der Waals surface area contributed by atoms with Crippen molar-refractivity contribution in [2.24, 2.45) is 11.8 Å². The maximum absolute atomic E-state index is 13.4. The van der Waals surface area contributed by atoms with E-state index in [2.05, 4.69) is 5.32 Å². The molecule has 7 heteroatoms. The number of carbonyl (C=O) groups is 3. The average Bonchev–Trinajstić information content (AvgIpc) is 2.90. The van der Waals surface area contributed by atoms with Crippen LogP contribution in [0, 0.1) is 11.8 Å². The smallest absolute Gasteiger partial charge is 0.305 e. The average molecular weight is 499 g/mol. The minimum absolute atomic E-state index is 0.0684. The first-order chi connectivity index (χ1) is 17.5. The molecule has 1 fully saturated rings. The normalized spacial score (nSPS) is 22.5. The van der Waals surface area contributed by atoms with E-state index in [0.29, 0.717) is 31.7 Å². The molecule has 2 amide bonds. The van der Waals surface area contributed by atoms with Crippen molar-refractivity contribution in [3.8, 4) is 0 Å². The summed E-state index contributed by atoms with van der Waals surface area (Å²) in [6.45, 7) is 0.660. The summed E-state index contributed by atoms with van der Waals surface area (Å²) in [4.78, 5) is 40.5. The van der Waals surface area contributed by atoms with E-state index in [-0.39, 0.29) is 50.0 Å². The van der Waals surface area contributed by atoms with Gasteiger partial charge in [-0.05, 0) is 37.2 Å². The van der Waals surface area contributed by atoms with Gasteiger partial charge < -0.3 is 20.1 Å². The molecule has 0 saturated heterocycles. The number of ether oxygens (including phenoxy) is 1. The van der Waals surface area contributed by atoms with E-state index in [4.69, 9.17) is 4.74 Å². The van der Waals surface area contributed by atoms with Crippen LogP contribution in [0.15, 0.2) is 42.5 Å². The van der Waals surface area contributed by atoms with Crippen molar-refractivity contribution in [1.29, 1.82) is 0 Å². The van der Waals surface area contributed by atoms with E-state index in [0.717, 1.165) is 31.2 Å². The second-order valence-electron chi connectivity index (χ2n) is 10.2. The molecule has 7 nitrogen and oxygen atoms in total. The molecule has 36 heavy (non-hydrogen) atoms. The third-order valence-electron chi connectivity index (χ3n) is 7.20. The fraction of sp³-hybridized carbons (Fsp3) is 0.621. The van der Waals surface area contributed by atoms with Crippen molar-refractivity contribution in [2.45, 2.75) is 83.2 Å². The molecule has 2 atom stereocenters. The Labute approximate surface area is 215 Å². The Bertz CT molecular complexity index is 850. The third kappa shape index (κ3) is 9.76.